The van der Waals surface area contributed by atoms with E-state index in [0.29, 0.717) is 0 Å². The van der Waals surface area contributed by atoms with E-state index >= 15 is 0 Å². The number of methoxy groups -OCH3 is 2. The Bertz CT molecular complexity index is 1210. The summed E-state index contributed by atoms with van der Waals surface area (Å²) >= 11 is 0. The zero-order chi connectivity index (χ0) is 24.0. The number of carbonyl (C=O) groups excluding carboxylic acids is 2. The molecule has 5 heteroatoms. The molecule has 1 aliphatic rings. The molecule has 0 spiro atoms. The van der Waals surface area contributed by atoms with Crippen molar-refractivity contribution in [2.75, 3.05) is 14.2 Å². The third kappa shape index (κ3) is 4.33. The molecule has 0 aromatic heterocycles. The second-order valence-corrected chi connectivity index (χ2v) is 11.0. The van der Waals surface area contributed by atoms with Gasteiger partial charge in [0.15, 0.2) is 0 Å². The highest BCUT2D eigenvalue weighted by molar-refractivity contribution is 7.95. The fourth-order valence-corrected chi connectivity index (χ4v) is 8.47. The molecule has 0 atom stereocenters. The van der Waals surface area contributed by atoms with Crippen LogP contribution >= 0.6 is 6.89 Å². The topological polar surface area (TPSA) is 52.6 Å². The summed E-state index contributed by atoms with van der Waals surface area (Å²) in [6, 6.07) is 31.5. The van der Waals surface area contributed by atoms with Crippen molar-refractivity contribution in [3.05, 3.63) is 126 Å². The molecule has 0 saturated carbocycles. The van der Waals surface area contributed by atoms with Crippen LogP contribution in [0, 0.1) is 0 Å². The van der Waals surface area contributed by atoms with Crippen molar-refractivity contribution >= 4 is 40.0 Å². The van der Waals surface area contributed by atoms with Gasteiger partial charge in [-0.1, -0.05) is 103 Å². The Hall–Kier alpha value is -3.88. The fraction of sp³-hybridized carbons (Fsp3) is 0.0690. The Morgan fingerprint density at radius 1 is 0.647 bits per heavy atom. The SMILES string of the molecule is COC(=O)C(=CC1=CC(=P(c2ccccc2)(c2ccccc2)c2ccccc2)C=C1)C(=O)OC. The second kappa shape index (κ2) is 10.4. The van der Waals surface area contributed by atoms with Crippen LogP contribution < -0.4 is 15.9 Å². The zero-order valence-corrected chi connectivity index (χ0v) is 19.9. The van der Waals surface area contributed by atoms with Gasteiger partial charge in [0.05, 0.1) is 14.2 Å². The molecular formula is C29H25O4P. The first-order chi connectivity index (χ1) is 16.6. The summed E-state index contributed by atoms with van der Waals surface area (Å²) in [7, 11) is 2.48. The molecule has 0 N–H and O–H groups in total. The molecule has 3 aromatic rings. The van der Waals surface area contributed by atoms with Gasteiger partial charge < -0.3 is 9.47 Å². The fourth-order valence-electron chi connectivity index (χ4n) is 4.18. The van der Waals surface area contributed by atoms with E-state index in [1.54, 1.807) is 0 Å². The summed E-state index contributed by atoms with van der Waals surface area (Å²) in [6.45, 7) is -2.25. The molecular weight excluding hydrogens is 443 g/mol. The van der Waals surface area contributed by atoms with Gasteiger partial charge in [0.25, 0.3) is 0 Å². The maximum absolute atomic E-state index is 12.2. The molecule has 0 unspecified atom stereocenters. The predicted octanol–water partition coefficient (Wildman–Crippen LogP) is 3.92. The van der Waals surface area contributed by atoms with Gasteiger partial charge in [0.1, 0.15) is 5.57 Å². The van der Waals surface area contributed by atoms with Crippen molar-refractivity contribution in [1.29, 1.82) is 0 Å². The number of allylic oxidation sites excluding steroid dienone is 5. The number of hydrogen-bond acceptors (Lipinski definition) is 4. The van der Waals surface area contributed by atoms with Crippen LogP contribution in [0.5, 0.6) is 0 Å². The van der Waals surface area contributed by atoms with Gasteiger partial charge >= 0.3 is 11.9 Å². The third-order valence-corrected chi connectivity index (χ3v) is 9.97. The Morgan fingerprint density at radius 2 is 1.06 bits per heavy atom. The number of rotatable bonds is 6. The summed E-state index contributed by atoms with van der Waals surface area (Å²) in [5, 5.41) is 4.77. The van der Waals surface area contributed by atoms with E-state index in [1.165, 1.54) is 36.2 Å². The van der Waals surface area contributed by atoms with Crippen LogP contribution in [0.4, 0.5) is 0 Å². The summed E-state index contributed by atoms with van der Waals surface area (Å²) in [4.78, 5) is 24.4. The normalized spacial score (nSPS) is 12.6. The van der Waals surface area contributed by atoms with E-state index < -0.39 is 18.8 Å². The molecule has 0 aliphatic heterocycles. The zero-order valence-electron chi connectivity index (χ0n) is 19.0. The lowest BCUT2D eigenvalue weighted by Crippen LogP contribution is -2.29. The van der Waals surface area contributed by atoms with E-state index in [9.17, 15) is 9.59 Å². The smallest absolute Gasteiger partial charge is 0.345 e. The van der Waals surface area contributed by atoms with Crippen molar-refractivity contribution in [3.63, 3.8) is 0 Å². The van der Waals surface area contributed by atoms with E-state index in [4.69, 9.17) is 9.47 Å². The van der Waals surface area contributed by atoms with E-state index in [1.807, 2.05) is 30.4 Å². The molecule has 1 aliphatic carbocycles. The van der Waals surface area contributed by atoms with Gasteiger partial charge in [0.2, 0.25) is 0 Å². The second-order valence-electron chi connectivity index (χ2n) is 7.62. The van der Waals surface area contributed by atoms with Crippen molar-refractivity contribution < 1.29 is 19.1 Å². The molecule has 4 nitrogen and oxygen atoms in total. The van der Waals surface area contributed by atoms with Crippen molar-refractivity contribution in [1.82, 2.24) is 0 Å². The van der Waals surface area contributed by atoms with E-state index in [0.717, 1.165) is 10.9 Å². The number of benzene rings is 3. The van der Waals surface area contributed by atoms with Gasteiger partial charge in [-0.05, 0) is 45.8 Å². The quantitative estimate of drug-likeness (QED) is 0.181. The molecule has 3 aromatic carbocycles. The standard InChI is InChI=1S/C29H25O4P/c1-32-28(30)27(29(31)33-2)21-22-18-19-26(20-22)34(23-12-6-3-7-13-23,24-14-8-4-9-15-24)25-16-10-5-11-17-25/h3-21H,1-2H3. The number of hydrogen-bond donors (Lipinski definition) is 0. The predicted molar refractivity (Wildman–Crippen MR) is 139 cm³/mol. The first-order valence-corrected chi connectivity index (χ1v) is 12.6. The molecule has 0 bridgehead atoms. The minimum atomic E-state index is -2.25. The summed E-state index contributed by atoms with van der Waals surface area (Å²) in [5.41, 5.74) is 0.582. The molecule has 0 saturated heterocycles. The minimum absolute atomic E-state index is 0.148. The Labute approximate surface area is 199 Å². The van der Waals surface area contributed by atoms with Crippen LogP contribution in [0.25, 0.3) is 0 Å². The molecule has 0 heterocycles. The van der Waals surface area contributed by atoms with Crippen LogP contribution in [0.1, 0.15) is 0 Å². The maximum Gasteiger partial charge on any atom is 0.345 e. The van der Waals surface area contributed by atoms with Crippen LogP contribution in [0.3, 0.4) is 0 Å². The number of esters is 2. The molecule has 0 radical (unpaired) electrons. The monoisotopic (exact) mass is 468 g/mol. The van der Waals surface area contributed by atoms with Crippen molar-refractivity contribution in [2.45, 2.75) is 0 Å². The van der Waals surface area contributed by atoms with Gasteiger partial charge in [-0.3, -0.25) is 0 Å². The molecule has 4 rings (SSSR count). The third-order valence-electron chi connectivity index (χ3n) is 5.70. The summed E-state index contributed by atoms with van der Waals surface area (Å²) < 4.78 is 9.58. The average Bonchev–Trinajstić information content (AvgIpc) is 3.37. The van der Waals surface area contributed by atoms with Crippen molar-refractivity contribution in [3.8, 4) is 0 Å². The van der Waals surface area contributed by atoms with Crippen LogP contribution in [0.2, 0.25) is 0 Å². The van der Waals surface area contributed by atoms with Gasteiger partial charge in [0, 0.05) is 0 Å². The Balaban J connectivity index is 2.06. The molecule has 34 heavy (non-hydrogen) atoms. The summed E-state index contributed by atoms with van der Waals surface area (Å²) in [6.07, 6.45) is 7.58. The lowest BCUT2D eigenvalue weighted by molar-refractivity contribution is -0.144. The largest absolute Gasteiger partial charge is 0.465 e. The lowest BCUT2D eigenvalue weighted by atomic mass is 10.1. The molecule has 0 fully saturated rings. The van der Waals surface area contributed by atoms with Crippen LogP contribution in [-0.4, -0.2) is 31.5 Å². The minimum Gasteiger partial charge on any atom is -0.465 e. The van der Waals surface area contributed by atoms with E-state index in [-0.39, 0.29) is 5.57 Å². The Morgan fingerprint density at radius 3 is 1.44 bits per heavy atom. The number of carbonyl (C=O) groups is 2. The molecule has 170 valence electrons. The maximum atomic E-state index is 12.2. The summed E-state index contributed by atoms with van der Waals surface area (Å²) in [5.74, 6) is -1.46. The molecule has 0 amide bonds. The lowest BCUT2D eigenvalue weighted by Gasteiger charge is -2.30. The Kier molecular flexibility index (Phi) is 7.10. The van der Waals surface area contributed by atoms with Crippen LogP contribution in [0.15, 0.2) is 126 Å². The first-order valence-electron chi connectivity index (χ1n) is 10.8. The highest BCUT2D eigenvalue weighted by Crippen LogP contribution is 2.47. The van der Waals surface area contributed by atoms with Gasteiger partial charge in [-0.2, -0.15) is 0 Å². The van der Waals surface area contributed by atoms with E-state index in [2.05, 4.69) is 78.9 Å². The average molecular weight is 468 g/mol. The van der Waals surface area contributed by atoms with Crippen molar-refractivity contribution in [2.24, 2.45) is 0 Å². The van der Waals surface area contributed by atoms with Crippen LogP contribution in [-0.2, 0) is 19.1 Å². The number of ether oxygens (including phenoxy) is 2. The highest BCUT2D eigenvalue weighted by Gasteiger charge is 2.29. The van der Waals surface area contributed by atoms with Gasteiger partial charge in [-0.15, -0.1) is 0 Å². The highest BCUT2D eigenvalue weighted by atomic mass is 31.2. The first kappa shape index (κ1) is 23.3. The van der Waals surface area contributed by atoms with Gasteiger partial charge in [-0.25, -0.2) is 9.59 Å².